The summed E-state index contributed by atoms with van der Waals surface area (Å²) >= 11 is 3.37. The number of aliphatic hydroxyl groups excluding tert-OH is 1. The number of rotatable bonds is 3. The highest BCUT2D eigenvalue weighted by atomic mass is 79.9. The fourth-order valence-electron chi connectivity index (χ4n) is 3.32. The molecule has 2 aromatic carbocycles. The van der Waals surface area contributed by atoms with E-state index in [0.29, 0.717) is 22.8 Å². The topological polar surface area (TPSA) is 70.8 Å². The van der Waals surface area contributed by atoms with Gasteiger partial charge in [-0.2, -0.15) is 0 Å². The Balaban J connectivity index is 1.93. The minimum absolute atomic E-state index is 0.00784. The predicted molar refractivity (Wildman–Crippen MR) is 109 cm³/mol. The van der Waals surface area contributed by atoms with Crippen molar-refractivity contribution in [2.45, 2.75) is 13.0 Å². The molecule has 0 saturated carbocycles. The van der Waals surface area contributed by atoms with Crippen LogP contribution in [0.15, 0.2) is 81.2 Å². The number of hydrogen-bond donors (Lipinski definition) is 1. The lowest BCUT2D eigenvalue weighted by Crippen LogP contribution is -2.29. The SMILES string of the molecule is Cc1ccc(C2/C(=C(/O)c3ccccc3)C(=O)C(=O)N2c2ccc(Br)cc2)o1. The van der Waals surface area contributed by atoms with Crippen molar-refractivity contribution in [3.05, 3.63) is 93.9 Å². The molecule has 1 aliphatic rings. The first-order chi connectivity index (χ1) is 13.5. The standard InChI is InChI=1S/C22H16BrNO4/c1-13-7-12-17(28-13)19-18(20(25)14-5-3-2-4-6-14)21(26)22(27)24(19)16-10-8-15(23)9-11-16/h2-12,19,25H,1H3/b20-18-. The molecule has 1 saturated heterocycles. The van der Waals surface area contributed by atoms with Gasteiger partial charge in [-0.15, -0.1) is 0 Å². The van der Waals surface area contributed by atoms with E-state index in [9.17, 15) is 14.7 Å². The lowest BCUT2D eigenvalue weighted by Gasteiger charge is -2.23. The largest absolute Gasteiger partial charge is 0.507 e. The van der Waals surface area contributed by atoms with Gasteiger partial charge in [-0.05, 0) is 43.3 Å². The van der Waals surface area contributed by atoms with Gasteiger partial charge in [0.25, 0.3) is 11.7 Å². The summed E-state index contributed by atoms with van der Waals surface area (Å²) in [5.74, 6) is -0.618. The maximum absolute atomic E-state index is 12.9. The molecule has 1 aliphatic heterocycles. The van der Waals surface area contributed by atoms with E-state index in [-0.39, 0.29) is 11.3 Å². The van der Waals surface area contributed by atoms with Crippen LogP contribution in [0.5, 0.6) is 0 Å². The van der Waals surface area contributed by atoms with E-state index in [2.05, 4.69) is 15.9 Å². The molecule has 1 unspecified atom stereocenters. The Morgan fingerprint density at radius 1 is 1.00 bits per heavy atom. The normalized spacial score (nSPS) is 18.6. The Hall–Kier alpha value is -3.12. The minimum atomic E-state index is -0.852. The van der Waals surface area contributed by atoms with Crippen LogP contribution in [0, 0.1) is 6.92 Å². The van der Waals surface area contributed by atoms with Crippen molar-refractivity contribution in [3.8, 4) is 0 Å². The van der Waals surface area contributed by atoms with Gasteiger partial charge in [-0.1, -0.05) is 46.3 Å². The van der Waals surface area contributed by atoms with E-state index in [1.54, 1.807) is 67.6 Å². The highest BCUT2D eigenvalue weighted by Gasteiger charge is 2.48. The number of nitrogens with zero attached hydrogens (tertiary/aromatic N) is 1. The number of carbonyl (C=O) groups excluding carboxylic acids is 2. The summed E-state index contributed by atoms with van der Waals surface area (Å²) < 4.78 is 6.60. The van der Waals surface area contributed by atoms with Crippen LogP contribution in [0.4, 0.5) is 5.69 Å². The zero-order valence-electron chi connectivity index (χ0n) is 14.9. The van der Waals surface area contributed by atoms with Gasteiger partial charge in [0.05, 0.1) is 5.57 Å². The third-order valence-electron chi connectivity index (χ3n) is 4.63. The van der Waals surface area contributed by atoms with E-state index in [0.717, 1.165) is 4.47 Å². The predicted octanol–water partition coefficient (Wildman–Crippen LogP) is 4.98. The van der Waals surface area contributed by atoms with Gasteiger partial charge in [-0.25, -0.2) is 0 Å². The van der Waals surface area contributed by atoms with Crippen molar-refractivity contribution in [2.75, 3.05) is 4.90 Å². The molecule has 6 heteroatoms. The van der Waals surface area contributed by atoms with Gasteiger partial charge in [-0.3, -0.25) is 14.5 Å². The zero-order valence-corrected chi connectivity index (χ0v) is 16.5. The quantitative estimate of drug-likeness (QED) is 0.356. The number of carbonyl (C=O) groups is 2. The average molecular weight is 438 g/mol. The number of halogens is 1. The van der Waals surface area contributed by atoms with Crippen LogP contribution in [0.25, 0.3) is 5.76 Å². The number of Topliss-reactive ketones (excluding diaryl/α,β-unsaturated/α-hetero) is 1. The Morgan fingerprint density at radius 2 is 1.68 bits per heavy atom. The molecule has 1 amide bonds. The summed E-state index contributed by atoms with van der Waals surface area (Å²) in [5, 5.41) is 10.9. The lowest BCUT2D eigenvalue weighted by molar-refractivity contribution is -0.132. The number of benzene rings is 2. The van der Waals surface area contributed by atoms with Gasteiger partial charge in [0, 0.05) is 15.7 Å². The van der Waals surface area contributed by atoms with Crippen LogP contribution in [-0.4, -0.2) is 16.8 Å². The summed E-state index contributed by atoms with van der Waals surface area (Å²) in [6, 6.07) is 18.4. The molecule has 0 spiro atoms. The third-order valence-corrected chi connectivity index (χ3v) is 5.16. The fraction of sp³-hybridized carbons (Fsp3) is 0.0909. The zero-order chi connectivity index (χ0) is 19.8. The molecule has 1 aromatic heterocycles. The number of anilines is 1. The second-order valence-corrected chi connectivity index (χ2v) is 7.38. The first-order valence-corrected chi connectivity index (χ1v) is 9.45. The summed E-state index contributed by atoms with van der Waals surface area (Å²) in [6.07, 6.45) is 0. The van der Waals surface area contributed by atoms with Crippen LogP contribution in [0.2, 0.25) is 0 Å². The molecule has 1 fully saturated rings. The smallest absolute Gasteiger partial charge is 0.300 e. The number of hydrogen-bond acceptors (Lipinski definition) is 4. The van der Waals surface area contributed by atoms with Crippen LogP contribution >= 0.6 is 15.9 Å². The molecule has 3 aromatic rings. The van der Waals surface area contributed by atoms with Gasteiger partial charge in [0.2, 0.25) is 0 Å². The highest BCUT2D eigenvalue weighted by Crippen LogP contribution is 2.42. The van der Waals surface area contributed by atoms with Crippen LogP contribution in [0.1, 0.15) is 23.1 Å². The van der Waals surface area contributed by atoms with Crippen molar-refractivity contribution in [2.24, 2.45) is 0 Å². The van der Waals surface area contributed by atoms with Crippen molar-refractivity contribution in [1.82, 2.24) is 0 Å². The Morgan fingerprint density at radius 3 is 2.29 bits per heavy atom. The summed E-state index contributed by atoms with van der Waals surface area (Å²) in [7, 11) is 0. The van der Waals surface area contributed by atoms with Crippen LogP contribution in [0.3, 0.4) is 0 Å². The molecular formula is C22H16BrNO4. The molecule has 28 heavy (non-hydrogen) atoms. The van der Waals surface area contributed by atoms with Crippen molar-refractivity contribution < 1.29 is 19.1 Å². The minimum Gasteiger partial charge on any atom is -0.507 e. The van der Waals surface area contributed by atoms with Crippen LogP contribution < -0.4 is 4.90 Å². The highest BCUT2D eigenvalue weighted by molar-refractivity contribution is 9.10. The lowest BCUT2D eigenvalue weighted by atomic mass is 9.99. The fourth-order valence-corrected chi connectivity index (χ4v) is 3.59. The van der Waals surface area contributed by atoms with E-state index >= 15 is 0 Å². The van der Waals surface area contributed by atoms with E-state index in [4.69, 9.17) is 4.42 Å². The van der Waals surface area contributed by atoms with Gasteiger partial charge < -0.3 is 9.52 Å². The maximum Gasteiger partial charge on any atom is 0.300 e. The number of aryl methyl sites for hydroxylation is 1. The maximum atomic E-state index is 12.9. The van der Waals surface area contributed by atoms with Crippen molar-refractivity contribution >= 4 is 39.1 Å². The number of furan rings is 1. The molecular weight excluding hydrogens is 422 g/mol. The Labute approximate surface area is 170 Å². The number of amides is 1. The van der Waals surface area contributed by atoms with Gasteiger partial charge in [0.15, 0.2) is 0 Å². The second-order valence-electron chi connectivity index (χ2n) is 6.46. The molecule has 1 N–H and O–H groups in total. The molecule has 140 valence electrons. The first-order valence-electron chi connectivity index (χ1n) is 8.65. The number of ketones is 1. The summed E-state index contributed by atoms with van der Waals surface area (Å²) in [4.78, 5) is 27.2. The van der Waals surface area contributed by atoms with Gasteiger partial charge in [0.1, 0.15) is 23.3 Å². The molecule has 0 radical (unpaired) electrons. The molecule has 2 heterocycles. The molecule has 1 atom stereocenters. The first kappa shape index (κ1) is 18.3. The molecule has 0 bridgehead atoms. The molecule has 5 nitrogen and oxygen atoms in total. The van der Waals surface area contributed by atoms with Crippen molar-refractivity contribution in [1.29, 1.82) is 0 Å². The summed E-state index contributed by atoms with van der Waals surface area (Å²) in [6.45, 7) is 1.78. The second kappa shape index (κ2) is 7.13. The monoisotopic (exact) mass is 437 g/mol. The third kappa shape index (κ3) is 3.05. The van der Waals surface area contributed by atoms with E-state index in [1.807, 2.05) is 6.07 Å². The summed E-state index contributed by atoms with van der Waals surface area (Å²) in [5.41, 5.74) is 1.01. The van der Waals surface area contributed by atoms with E-state index in [1.165, 1.54) is 4.90 Å². The molecule has 0 aliphatic carbocycles. The van der Waals surface area contributed by atoms with Crippen LogP contribution in [-0.2, 0) is 9.59 Å². The average Bonchev–Trinajstić information content (AvgIpc) is 3.24. The Bertz CT molecular complexity index is 1080. The van der Waals surface area contributed by atoms with Crippen molar-refractivity contribution in [3.63, 3.8) is 0 Å². The van der Waals surface area contributed by atoms with Gasteiger partial charge >= 0.3 is 0 Å². The Kier molecular flexibility index (Phi) is 4.65. The van der Waals surface area contributed by atoms with E-state index < -0.39 is 17.7 Å². The number of aliphatic hydroxyl groups is 1. The molecule has 4 rings (SSSR count).